The summed E-state index contributed by atoms with van der Waals surface area (Å²) in [5, 5.41) is 0. The predicted octanol–water partition coefficient (Wildman–Crippen LogP) is 3.17. The maximum atomic E-state index is 13.5. The summed E-state index contributed by atoms with van der Waals surface area (Å²) in [5.41, 5.74) is 0.515. The Kier molecular flexibility index (Phi) is 5.73. The number of aromatic nitrogens is 3. The molecule has 1 atom stereocenters. The molecule has 0 spiro atoms. The Bertz CT molecular complexity index is 1100. The average Bonchev–Trinajstić information content (AvgIpc) is 3.21. The lowest BCUT2D eigenvalue weighted by atomic mass is 10.0. The number of benzene rings is 1. The van der Waals surface area contributed by atoms with Gasteiger partial charge in [0.25, 0.3) is 5.91 Å². The van der Waals surface area contributed by atoms with Crippen molar-refractivity contribution in [2.24, 2.45) is 0 Å². The molecule has 0 saturated carbocycles. The molecule has 32 heavy (non-hydrogen) atoms. The summed E-state index contributed by atoms with van der Waals surface area (Å²) in [6, 6.07) is 8.88. The third kappa shape index (κ3) is 4.37. The molecule has 2 amide bonds. The predicted molar refractivity (Wildman–Crippen MR) is 118 cm³/mol. The molecule has 1 aliphatic rings. The zero-order valence-corrected chi connectivity index (χ0v) is 18.7. The molecule has 0 unspecified atom stereocenters. The van der Waals surface area contributed by atoms with Crippen LogP contribution < -0.4 is 4.74 Å². The van der Waals surface area contributed by atoms with Gasteiger partial charge in [-0.3, -0.25) is 9.20 Å². The van der Waals surface area contributed by atoms with E-state index in [2.05, 4.69) is 9.97 Å². The van der Waals surface area contributed by atoms with Gasteiger partial charge in [0.1, 0.15) is 17.0 Å². The minimum atomic E-state index is -0.604. The molecule has 9 nitrogen and oxygen atoms in total. The highest BCUT2D eigenvalue weighted by Gasteiger charge is 2.37. The van der Waals surface area contributed by atoms with Crippen molar-refractivity contribution in [2.75, 3.05) is 26.7 Å². The number of piperazine rings is 1. The van der Waals surface area contributed by atoms with E-state index in [1.807, 2.05) is 45.0 Å². The van der Waals surface area contributed by atoms with E-state index in [4.69, 9.17) is 9.47 Å². The van der Waals surface area contributed by atoms with Crippen molar-refractivity contribution in [1.29, 1.82) is 0 Å². The van der Waals surface area contributed by atoms with Crippen LogP contribution in [0.4, 0.5) is 4.79 Å². The first kappa shape index (κ1) is 21.6. The summed E-state index contributed by atoms with van der Waals surface area (Å²) >= 11 is 0. The molecule has 0 bridgehead atoms. The molecule has 2 aromatic heterocycles. The number of hydrogen-bond donors (Lipinski definition) is 0. The smallest absolute Gasteiger partial charge is 0.410 e. The van der Waals surface area contributed by atoms with Crippen molar-refractivity contribution in [3.05, 3.63) is 60.2 Å². The number of amides is 2. The standard InChI is InChI=1S/C23H27N5O4/c1-23(2,3)32-22(30)27-12-13-28(18(15-27)16-8-5-6-9-19(16)31-4)20(29)17-14-26-11-7-10-24-21(26)25-17/h5-11,14,18H,12-13,15H2,1-4H3/t18-/m0/s1. The van der Waals surface area contributed by atoms with Gasteiger partial charge in [0.05, 0.1) is 13.2 Å². The van der Waals surface area contributed by atoms with Gasteiger partial charge >= 0.3 is 6.09 Å². The molecule has 0 radical (unpaired) electrons. The molecule has 0 N–H and O–H groups in total. The van der Waals surface area contributed by atoms with Gasteiger partial charge in [0.15, 0.2) is 0 Å². The van der Waals surface area contributed by atoms with E-state index < -0.39 is 17.7 Å². The number of carbonyl (C=O) groups excluding carboxylic acids is 2. The second-order valence-electron chi connectivity index (χ2n) is 8.64. The number of fused-ring (bicyclic) bond motifs is 1. The maximum absolute atomic E-state index is 13.5. The zero-order valence-electron chi connectivity index (χ0n) is 18.7. The summed E-state index contributed by atoms with van der Waals surface area (Å²) < 4.78 is 12.8. The fraction of sp³-hybridized carbons (Fsp3) is 0.391. The van der Waals surface area contributed by atoms with Crippen molar-refractivity contribution in [3.8, 4) is 5.75 Å². The van der Waals surface area contributed by atoms with Crippen molar-refractivity contribution < 1.29 is 19.1 Å². The number of para-hydroxylation sites is 1. The summed E-state index contributed by atoms with van der Waals surface area (Å²) in [6.07, 6.45) is 4.70. The van der Waals surface area contributed by atoms with Gasteiger partial charge in [-0.25, -0.2) is 14.8 Å². The molecule has 1 aliphatic heterocycles. The average molecular weight is 438 g/mol. The second kappa shape index (κ2) is 8.49. The fourth-order valence-corrected chi connectivity index (χ4v) is 3.81. The first-order chi connectivity index (χ1) is 15.3. The third-order valence-electron chi connectivity index (χ3n) is 5.25. The number of rotatable bonds is 3. The van der Waals surface area contributed by atoms with Gasteiger partial charge in [0.2, 0.25) is 5.78 Å². The number of ether oxygens (including phenoxy) is 2. The van der Waals surface area contributed by atoms with E-state index in [0.29, 0.717) is 30.3 Å². The van der Waals surface area contributed by atoms with Crippen LogP contribution in [0.5, 0.6) is 5.75 Å². The normalized spacial score (nSPS) is 16.8. The molecule has 1 saturated heterocycles. The van der Waals surface area contributed by atoms with Crippen LogP contribution in [-0.2, 0) is 4.74 Å². The van der Waals surface area contributed by atoms with E-state index >= 15 is 0 Å². The Morgan fingerprint density at radius 3 is 2.62 bits per heavy atom. The van der Waals surface area contributed by atoms with Gasteiger partial charge in [0, 0.05) is 43.8 Å². The molecule has 4 rings (SSSR count). The quantitative estimate of drug-likeness (QED) is 0.625. The number of imidazole rings is 1. The highest BCUT2D eigenvalue weighted by molar-refractivity contribution is 5.93. The van der Waals surface area contributed by atoms with Gasteiger partial charge < -0.3 is 19.3 Å². The fourth-order valence-electron chi connectivity index (χ4n) is 3.81. The van der Waals surface area contributed by atoms with E-state index in [1.165, 1.54) is 0 Å². The summed E-state index contributed by atoms with van der Waals surface area (Å²) in [7, 11) is 1.59. The van der Waals surface area contributed by atoms with Crippen LogP contribution in [0.25, 0.3) is 5.78 Å². The largest absolute Gasteiger partial charge is 0.496 e. The van der Waals surface area contributed by atoms with Gasteiger partial charge in [-0.15, -0.1) is 0 Å². The van der Waals surface area contributed by atoms with Crippen LogP contribution >= 0.6 is 0 Å². The Hall–Kier alpha value is -3.62. The summed E-state index contributed by atoms with van der Waals surface area (Å²) in [5.74, 6) is 0.880. The molecule has 3 heterocycles. The van der Waals surface area contributed by atoms with Gasteiger partial charge in [-0.1, -0.05) is 18.2 Å². The number of hydrogen-bond acceptors (Lipinski definition) is 6. The first-order valence-electron chi connectivity index (χ1n) is 10.5. The SMILES string of the molecule is COc1ccccc1[C@@H]1CN(C(=O)OC(C)(C)C)CCN1C(=O)c1cn2cccnc2n1. The third-order valence-corrected chi connectivity index (χ3v) is 5.25. The molecule has 1 fully saturated rings. The molecule has 0 aliphatic carbocycles. The van der Waals surface area contributed by atoms with E-state index in [-0.39, 0.29) is 12.5 Å². The lowest BCUT2D eigenvalue weighted by Crippen LogP contribution is -2.53. The van der Waals surface area contributed by atoms with Crippen LogP contribution in [0.15, 0.2) is 48.9 Å². The minimum Gasteiger partial charge on any atom is -0.496 e. The van der Waals surface area contributed by atoms with Crippen molar-refractivity contribution in [3.63, 3.8) is 0 Å². The summed E-state index contributed by atoms with van der Waals surface area (Å²) in [6.45, 7) is 6.48. The van der Waals surface area contributed by atoms with E-state index in [9.17, 15) is 9.59 Å². The van der Waals surface area contributed by atoms with Crippen LogP contribution in [0.3, 0.4) is 0 Å². The molecular weight excluding hydrogens is 410 g/mol. The summed E-state index contributed by atoms with van der Waals surface area (Å²) in [4.78, 5) is 38.2. The second-order valence-corrected chi connectivity index (χ2v) is 8.64. The molecule has 1 aromatic carbocycles. The van der Waals surface area contributed by atoms with Gasteiger partial charge in [-0.05, 0) is 32.9 Å². The molecular formula is C23H27N5O4. The van der Waals surface area contributed by atoms with Crippen LogP contribution in [0.2, 0.25) is 0 Å². The number of nitrogens with zero attached hydrogens (tertiary/aromatic N) is 5. The first-order valence-corrected chi connectivity index (χ1v) is 10.5. The zero-order chi connectivity index (χ0) is 22.9. The molecule has 9 heteroatoms. The Morgan fingerprint density at radius 2 is 1.91 bits per heavy atom. The van der Waals surface area contributed by atoms with Crippen LogP contribution in [0.1, 0.15) is 42.9 Å². The number of carbonyl (C=O) groups is 2. The number of methoxy groups -OCH3 is 1. The molecule has 3 aromatic rings. The monoisotopic (exact) mass is 437 g/mol. The van der Waals surface area contributed by atoms with Crippen LogP contribution in [-0.4, -0.2) is 68.5 Å². The highest BCUT2D eigenvalue weighted by Crippen LogP contribution is 2.33. The van der Waals surface area contributed by atoms with Gasteiger partial charge in [-0.2, -0.15) is 0 Å². The Balaban J connectivity index is 1.67. The molecule has 168 valence electrons. The van der Waals surface area contributed by atoms with Crippen LogP contribution in [0, 0.1) is 0 Å². The lowest BCUT2D eigenvalue weighted by Gasteiger charge is -2.41. The maximum Gasteiger partial charge on any atom is 0.410 e. The highest BCUT2D eigenvalue weighted by atomic mass is 16.6. The van der Waals surface area contributed by atoms with Crippen molar-refractivity contribution in [1.82, 2.24) is 24.2 Å². The Labute approximate surface area is 186 Å². The van der Waals surface area contributed by atoms with E-state index in [0.717, 1.165) is 5.56 Å². The lowest BCUT2D eigenvalue weighted by molar-refractivity contribution is 0.00374. The topological polar surface area (TPSA) is 89.3 Å². The van der Waals surface area contributed by atoms with Crippen molar-refractivity contribution in [2.45, 2.75) is 32.4 Å². The Morgan fingerprint density at radius 1 is 1.12 bits per heavy atom. The minimum absolute atomic E-state index is 0.227. The van der Waals surface area contributed by atoms with E-state index in [1.54, 1.807) is 46.0 Å². The van der Waals surface area contributed by atoms with Crippen molar-refractivity contribution >= 4 is 17.8 Å².